The monoisotopic (exact) mass is 417 g/mol. The quantitative estimate of drug-likeness (QED) is 0.294. The molecule has 2 aromatic heterocycles. The van der Waals surface area contributed by atoms with Gasteiger partial charge >= 0.3 is 0 Å². The van der Waals surface area contributed by atoms with E-state index in [9.17, 15) is 9.59 Å². The predicted octanol–water partition coefficient (Wildman–Crippen LogP) is 2.05. The van der Waals surface area contributed by atoms with Crippen LogP contribution in [0.3, 0.4) is 0 Å². The van der Waals surface area contributed by atoms with E-state index < -0.39 is 0 Å². The van der Waals surface area contributed by atoms with Gasteiger partial charge in [0.1, 0.15) is 5.82 Å². The van der Waals surface area contributed by atoms with Crippen molar-refractivity contribution in [1.29, 1.82) is 0 Å². The maximum atomic E-state index is 11.5. The van der Waals surface area contributed by atoms with Crippen molar-refractivity contribution in [3.63, 3.8) is 0 Å². The van der Waals surface area contributed by atoms with Crippen molar-refractivity contribution in [3.05, 3.63) is 65.6 Å². The van der Waals surface area contributed by atoms with Crippen molar-refractivity contribution < 1.29 is 9.59 Å². The minimum absolute atomic E-state index is 0.00894. The van der Waals surface area contributed by atoms with Crippen molar-refractivity contribution >= 4 is 35.5 Å². The van der Waals surface area contributed by atoms with E-state index in [1.165, 1.54) is 0 Å². The highest BCUT2D eigenvalue weighted by atomic mass is 16.1. The molecule has 1 aliphatic heterocycles. The van der Waals surface area contributed by atoms with Gasteiger partial charge in [-0.05, 0) is 54.3 Å². The first-order valence-electron chi connectivity index (χ1n) is 10.1. The zero-order valence-electron chi connectivity index (χ0n) is 16.9. The Morgan fingerprint density at radius 2 is 2.00 bits per heavy atom. The summed E-state index contributed by atoms with van der Waals surface area (Å²) < 4.78 is 0. The Morgan fingerprint density at radius 1 is 1.06 bits per heavy atom. The summed E-state index contributed by atoms with van der Waals surface area (Å²) in [7, 11) is 0. The molecule has 0 unspecified atom stereocenters. The molecule has 0 fully saturated rings. The fraction of sp³-hybridized carbons (Fsp3) is 0.227. The summed E-state index contributed by atoms with van der Waals surface area (Å²) in [4.78, 5) is 35.2. The van der Waals surface area contributed by atoms with Crippen LogP contribution in [0.1, 0.15) is 16.8 Å². The van der Waals surface area contributed by atoms with E-state index >= 15 is 0 Å². The molecule has 0 bridgehead atoms. The summed E-state index contributed by atoms with van der Waals surface area (Å²) in [5.74, 6) is 1.33. The lowest BCUT2D eigenvalue weighted by molar-refractivity contribution is -0.115. The minimum Gasteiger partial charge on any atom is -0.368 e. The molecule has 9 heteroatoms. The number of rotatable bonds is 10. The van der Waals surface area contributed by atoms with Crippen molar-refractivity contribution in [1.82, 2.24) is 20.3 Å². The van der Waals surface area contributed by atoms with Gasteiger partial charge in [-0.1, -0.05) is 6.07 Å². The maximum absolute atomic E-state index is 11.5. The highest BCUT2D eigenvalue weighted by Crippen LogP contribution is 2.27. The van der Waals surface area contributed by atoms with E-state index in [4.69, 9.17) is 0 Å². The summed E-state index contributed by atoms with van der Waals surface area (Å²) in [6.07, 6.45) is 6.04. The lowest BCUT2D eigenvalue weighted by atomic mass is 10.1. The van der Waals surface area contributed by atoms with Gasteiger partial charge in [0.15, 0.2) is 0 Å². The molecule has 0 saturated carbocycles. The Kier molecular flexibility index (Phi) is 6.32. The molecule has 0 saturated heterocycles. The van der Waals surface area contributed by atoms with Gasteiger partial charge in [-0.25, -0.2) is 15.0 Å². The van der Waals surface area contributed by atoms with Crippen LogP contribution in [-0.2, 0) is 28.9 Å². The van der Waals surface area contributed by atoms with Gasteiger partial charge in [-0.2, -0.15) is 0 Å². The molecular weight excluding hydrogens is 394 g/mol. The molecule has 2 amide bonds. The van der Waals surface area contributed by atoms with E-state index in [1.807, 2.05) is 36.4 Å². The van der Waals surface area contributed by atoms with E-state index in [-0.39, 0.29) is 5.91 Å². The zero-order valence-corrected chi connectivity index (χ0v) is 16.9. The molecule has 3 heterocycles. The lowest BCUT2D eigenvalue weighted by Crippen LogP contribution is -2.21. The predicted molar refractivity (Wildman–Crippen MR) is 118 cm³/mol. The van der Waals surface area contributed by atoms with Gasteiger partial charge in [0.2, 0.25) is 18.3 Å². The Labute approximate surface area is 179 Å². The van der Waals surface area contributed by atoms with Crippen LogP contribution in [0, 0.1) is 0 Å². The topological polar surface area (TPSA) is 121 Å². The number of carbonyl (C=O) groups excluding carboxylic acids is 2. The second-order valence-corrected chi connectivity index (χ2v) is 7.10. The smallest absolute Gasteiger partial charge is 0.228 e. The number of hydrogen-bond donors (Lipinski definition) is 4. The van der Waals surface area contributed by atoms with E-state index in [0.29, 0.717) is 31.9 Å². The average Bonchev–Trinajstić information content (AvgIpc) is 3.15. The molecular formula is C22H23N7O2. The second kappa shape index (κ2) is 9.66. The fourth-order valence-corrected chi connectivity index (χ4v) is 3.41. The molecule has 1 aromatic carbocycles. The highest BCUT2D eigenvalue weighted by molar-refractivity contribution is 5.99. The van der Waals surface area contributed by atoms with Gasteiger partial charge in [-0.15, -0.1) is 0 Å². The number of nitrogens with zero attached hydrogens (tertiary/aromatic N) is 3. The Hall–Kier alpha value is -4.01. The summed E-state index contributed by atoms with van der Waals surface area (Å²) in [5.41, 5.74) is 4.65. The summed E-state index contributed by atoms with van der Waals surface area (Å²) in [6.45, 7) is 1.14. The third-order valence-corrected chi connectivity index (χ3v) is 4.89. The van der Waals surface area contributed by atoms with E-state index in [2.05, 4.69) is 36.2 Å². The van der Waals surface area contributed by atoms with Gasteiger partial charge in [0.05, 0.1) is 6.42 Å². The number of hydrogen-bond acceptors (Lipinski definition) is 7. The molecule has 4 rings (SSSR count). The number of aryl methyl sites for hydroxylation is 2. The van der Waals surface area contributed by atoms with Crippen molar-refractivity contribution in [2.24, 2.45) is 0 Å². The first-order chi connectivity index (χ1) is 15.2. The second-order valence-electron chi connectivity index (χ2n) is 7.10. The molecule has 9 nitrogen and oxygen atoms in total. The number of nitrogens with one attached hydrogen (secondary N) is 4. The normalized spacial score (nSPS) is 12.1. The van der Waals surface area contributed by atoms with Crippen LogP contribution in [0.25, 0.3) is 0 Å². The number of carbonyl (C=O) groups is 2. The highest BCUT2D eigenvalue weighted by Gasteiger charge is 2.17. The number of amides is 2. The number of aromatic nitrogens is 3. The first kappa shape index (κ1) is 20.3. The standard InChI is InChI=1S/C22H23N7O2/c30-14-23-10-11-25-21-15(2-1-8-24-21)3-4-17-7-9-26-22(27-17)28-18-5-6-19-16(12-18)13-20(31)29-19/h1-2,5-9,12,14H,3-4,10-11,13H2,(H,23,30)(H,24,25)(H,29,31)(H,26,27,28). The Bertz CT molecular complexity index is 1090. The van der Waals surface area contributed by atoms with Gasteiger partial charge in [-0.3, -0.25) is 9.59 Å². The van der Waals surface area contributed by atoms with Crippen LogP contribution in [-0.4, -0.2) is 40.4 Å². The van der Waals surface area contributed by atoms with Crippen LogP contribution in [0.2, 0.25) is 0 Å². The fourth-order valence-electron chi connectivity index (χ4n) is 3.41. The van der Waals surface area contributed by atoms with Gasteiger partial charge in [0, 0.05) is 42.6 Å². The molecule has 0 radical (unpaired) electrons. The maximum Gasteiger partial charge on any atom is 0.228 e. The van der Waals surface area contributed by atoms with Crippen LogP contribution in [0.15, 0.2) is 48.8 Å². The van der Waals surface area contributed by atoms with Crippen molar-refractivity contribution in [2.75, 3.05) is 29.0 Å². The summed E-state index contributed by atoms with van der Waals surface area (Å²) in [5, 5.41) is 11.9. The van der Waals surface area contributed by atoms with Crippen molar-refractivity contribution in [3.8, 4) is 0 Å². The largest absolute Gasteiger partial charge is 0.368 e. The number of benzene rings is 1. The van der Waals surface area contributed by atoms with E-state index in [1.54, 1.807) is 12.4 Å². The minimum atomic E-state index is 0.00894. The lowest BCUT2D eigenvalue weighted by Gasteiger charge is -2.11. The Morgan fingerprint density at radius 3 is 2.90 bits per heavy atom. The molecule has 0 spiro atoms. The average molecular weight is 417 g/mol. The number of fused-ring (bicyclic) bond motifs is 1. The molecule has 4 N–H and O–H groups in total. The SMILES string of the molecule is O=CNCCNc1ncccc1CCc1ccnc(Nc2ccc3c(c2)CC(=O)N3)n1. The third-order valence-electron chi connectivity index (χ3n) is 4.89. The zero-order chi connectivity index (χ0) is 21.5. The first-order valence-corrected chi connectivity index (χ1v) is 10.1. The number of pyridine rings is 1. The molecule has 0 atom stereocenters. The molecule has 0 aliphatic carbocycles. The van der Waals surface area contributed by atoms with Crippen LogP contribution in [0.4, 0.5) is 23.1 Å². The third kappa shape index (κ3) is 5.33. The van der Waals surface area contributed by atoms with Crippen molar-refractivity contribution in [2.45, 2.75) is 19.3 Å². The van der Waals surface area contributed by atoms with Crippen LogP contribution in [0.5, 0.6) is 0 Å². The summed E-state index contributed by atoms with van der Waals surface area (Å²) in [6, 6.07) is 11.6. The number of anilines is 4. The molecule has 1 aliphatic rings. The van der Waals surface area contributed by atoms with Gasteiger partial charge in [0.25, 0.3) is 0 Å². The summed E-state index contributed by atoms with van der Waals surface area (Å²) >= 11 is 0. The van der Waals surface area contributed by atoms with Crippen LogP contribution < -0.4 is 21.3 Å². The molecule has 3 aromatic rings. The van der Waals surface area contributed by atoms with E-state index in [0.717, 1.165) is 46.9 Å². The van der Waals surface area contributed by atoms with Crippen LogP contribution >= 0.6 is 0 Å². The molecule has 31 heavy (non-hydrogen) atoms. The Balaban J connectivity index is 1.38. The molecule has 158 valence electrons. The van der Waals surface area contributed by atoms with Gasteiger partial charge < -0.3 is 21.3 Å².